The number of carbonyl (C=O) groups is 1. The standard InChI is InChI=1S/C15H12FN3O2/c16-13-5-4-11(7-14(13)18)19-15(20)9-21-12-3-1-2-10(6-12)8-17/h1-7H,9,18H2,(H,19,20). The number of hydrogen-bond donors (Lipinski definition) is 2. The fourth-order valence-electron chi connectivity index (χ4n) is 1.62. The number of benzene rings is 2. The number of nitrogens with zero attached hydrogens (tertiary/aromatic N) is 1. The summed E-state index contributed by atoms with van der Waals surface area (Å²) in [7, 11) is 0. The first kappa shape index (κ1) is 14.3. The van der Waals surface area contributed by atoms with Crippen molar-refractivity contribution in [3.05, 3.63) is 53.8 Å². The SMILES string of the molecule is N#Cc1cccc(OCC(=O)Nc2ccc(F)c(N)c2)c1. The third-order valence-electron chi connectivity index (χ3n) is 2.61. The van der Waals surface area contributed by atoms with Gasteiger partial charge >= 0.3 is 0 Å². The smallest absolute Gasteiger partial charge is 0.262 e. The predicted molar refractivity (Wildman–Crippen MR) is 76.1 cm³/mol. The van der Waals surface area contributed by atoms with Gasteiger partial charge < -0.3 is 15.8 Å². The van der Waals surface area contributed by atoms with E-state index in [0.717, 1.165) is 0 Å². The number of nitriles is 1. The monoisotopic (exact) mass is 285 g/mol. The van der Waals surface area contributed by atoms with Crippen molar-refractivity contribution in [2.45, 2.75) is 0 Å². The molecule has 2 aromatic rings. The van der Waals surface area contributed by atoms with Crippen LogP contribution in [-0.4, -0.2) is 12.5 Å². The molecule has 0 saturated carbocycles. The Balaban J connectivity index is 1.92. The summed E-state index contributed by atoms with van der Waals surface area (Å²) < 4.78 is 18.3. The molecule has 0 saturated heterocycles. The maximum Gasteiger partial charge on any atom is 0.262 e. The summed E-state index contributed by atoms with van der Waals surface area (Å²) in [4.78, 5) is 11.7. The third-order valence-corrected chi connectivity index (χ3v) is 2.61. The lowest BCUT2D eigenvalue weighted by atomic mass is 10.2. The Morgan fingerprint density at radius 1 is 1.33 bits per heavy atom. The Bertz CT molecular complexity index is 710. The number of amides is 1. The number of halogens is 1. The first-order chi connectivity index (χ1) is 10.1. The minimum absolute atomic E-state index is 0.0459. The lowest BCUT2D eigenvalue weighted by Crippen LogP contribution is -2.20. The molecule has 1 amide bonds. The molecule has 2 rings (SSSR count). The van der Waals surface area contributed by atoms with E-state index in [1.54, 1.807) is 18.2 Å². The molecule has 0 aliphatic heterocycles. The highest BCUT2D eigenvalue weighted by molar-refractivity contribution is 5.92. The van der Waals surface area contributed by atoms with E-state index >= 15 is 0 Å². The van der Waals surface area contributed by atoms with Gasteiger partial charge in [-0.05, 0) is 36.4 Å². The summed E-state index contributed by atoms with van der Waals surface area (Å²) in [5.74, 6) is -0.538. The van der Waals surface area contributed by atoms with Crippen LogP contribution in [0.2, 0.25) is 0 Å². The number of nitrogens with one attached hydrogen (secondary N) is 1. The van der Waals surface area contributed by atoms with Gasteiger partial charge in [-0.15, -0.1) is 0 Å². The molecule has 0 radical (unpaired) electrons. The van der Waals surface area contributed by atoms with Crippen LogP contribution in [0.25, 0.3) is 0 Å². The number of ether oxygens (including phenoxy) is 1. The van der Waals surface area contributed by atoms with Gasteiger partial charge in [0.25, 0.3) is 5.91 Å². The van der Waals surface area contributed by atoms with Crippen molar-refractivity contribution >= 4 is 17.3 Å². The highest BCUT2D eigenvalue weighted by atomic mass is 19.1. The quantitative estimate of drug-likeness (QED) is 0.844. The third kappa shape index (κ3) is 3.94. The van der Waals surface area contributed by atoms with Crippen LogP contribution < -0.4 is 15.8 Å². The molecule has 0 aliphatic rings. The Morgan fingerprint density at radius 2 is 2.14 bits per heavy atom. The van der Waals surface area contributed by atoms with Crippen molar-refractivity contribution < 1.29 is 13.9 Å². The average molecular weight is 285 g/mol. The van der Waals surface area contributed by atoms with Crippen LogP contribution in [-0.2, 0) is 4.79 Å². The molecule has 0 aliphatic carbocycles. The van der Waals surface area contributed by atoms with Crippen LogP contribution in [0.15, 0.2) is 42.5 Å². The fourth-order valence-corrected chi connectivity index (χ4v) is 1.62. The van der Waals surface area contributed by atoms with Gasteiger partial charge in [-0.1, -0.05) is 6.07 Å². The highest BCUT2D eigenvalue weighted by Gasteiger charge is 2.06. The van der Waals surface area contributed by atoms with E-state index in [0.29, 0.717) is 17.0 Å². The molecule has 6 heteroatoms. The van der Waals surface area contributed by atoms with Crippen molar-refractivity contribution in [1.82, 2.24) is 0 Å². The maximum atomic E-state index is 13.0. The van der Waals surface area contributed by atoms with Gasteiger partial charge in [0.1, 0.15) is 11.6 Å². The number of carbonyl (C=O) groups excluding carboxylic acids is 1. The Labute approximate surface area is 120 Å². The molecule has 0 bridgehead atoms. The second kappa shape index (κ2) is 6.39. The molecule has 0 spiro atoms. The molecule has 0 unspecified atom stereocenters. The number of rotatable bonds is 4. The van der Waals surface area contributed by atoms with Crippen LogP contribution >= 0.6 is 0 Å². The minimum Gasteiger partial charge on any atom is -0.484 e. The summed E-state index contributed by atoms with van der Waals surface area (Å²) in [6.45, 7) is -0.230. The molecule has 0 fully saturated rings. The average Bonchev–Trinajstić information content (AvgIpc) is 2.49. The van der Waals surface area contributed by atoms with Gasteiger partial charge in [0.2, 0.25) is 0 Å². The normalized spacial score (nSPS) is 9.71. The molecule has 0 aromatic heterocycles. The Kier molecular flexibility index (Phi) is 4.36. The molecule has 21 heavy (non-hydrogen) atoms. The van der Waals surface area contributed by atoms with Crippen LogP contribution in [0.4, 0.5) is 15.8 Å². The zero-order valence-electron chi connectivity index (χ0n) is 11.0. The molecular formula is C15H12FN3O2. The largest absolute Gasteiger partial charge is 0.484 e. The van der Waals surface area contributed by atoms with Crippen molar-refractivity contribution in [3.63, 3.8) is 0 Å². The Morgan fingerprint density at radius 3 is 2.86 bits per heavy atom. The van der Waals surface area contributed by atoms with E-state index in [9.17, 15) is 9.18 Å². The van der Waals surface area contributed by atoms with Crippen molar-refractivity contribution in [2.75, 3.05) is 17.7 Å². The van der Waals surface area contributed by atoms with Crippen molar-refractivity contribution in [1.29, 1.82) is 5.26 Å². The van der Waals surface area contributed by atoms with Gasteiger partial charge in [0.05, 0.1) is 17.3 Å². The minimum atomic E-state index is -0.544. The fraction of sp³-hybridized carbons (Fsp3) is 0.0667. The second-order valence-corrected chi connectivity index (χ2v) is 4.21. The first-order valence-electron chi connectivity index (χ1n) is 6.06. The summed E-state index contributed by atoms with van der Waals surface area (Å²) in [6, 6.07) is 12.3. The summed E-state index contributed by atoms with van der Waals surface area (Å²) in [6.07, 6.45) is 0. The van der Waals surface area contributed by atoms with Gasteiger partial charge in [0, 0.05) is 5.69 Å². The summed E-state index contributed by atoms with van der Waals surface area (Å²) >= 11 is 0. The van der Waals surface area contributed by atoms with Gasteiger partial charge in [-0.25, -0.2) is 4.39 Å². The molecule has 3 N–H and O–H groups in total. The zero-order chi connectivity index (χ0) is 15.2. The van der Waals surface area contributed by atoms with Crippen LogP contribution in [0.1, 0.15) is 5.56 Å². The van der Waals surface area contributed by atoms with Crippen LogP contribution in [0.3, 0.4) is 0 Å². The molecule has 0 heterocycles. The highest BCUT2D eigenvalue weighted by Crippen LogP contribution is 2.16. The van der Waals surface area contributed by atoms with Crippen molar-refractivity contribution in [2.24, 2.45) is 0 Å². The van der Waals surface area contributed by atoms with Gasteiger partial charge in [-0.3, -0.25) is 4.79 Å². The van der Waals surface area contributed by atoms with E-state index in [4.69, 9.17) is 15.7 Å². The maximum absolute atomic E-state index is 13.0. The predicted octanol–water partition coefficient (Wildman–Crippen LogP) is 2.30. The van der Waals surface area contributed by atoms with Crippen LogP contribution in [0, 0.1) is 17.1 Å². The van der Waals surface area contributed by atoms with E-state index < -0.39 is 11.7 Å². The zero-order valence-corrected chi connectivity index (χ0v) is 11.0. The topological polar surface area (TPSA) is 88.1 Å². The molecular weight excluding hydrogens is 273 g/mol. The molecule has 5 nitrogen and oxygen atoms in total. The van der Waals surface area contributed by atoms with E-state index in [1.807, 2.05) is 6.07 Å². The summed E-state index contributed by atoms with van der Waals surface area (Å²) in [5.41, 5.74) is 6.19. The lowest BCUT2D eigenvalue weighted by Gasteiger charge is -2.08. The lowest BCUT2D eigenvalue weighted by molar-refractivity contribution is -0.118. The second-order valence-electron chi connectivity index (χ2n) is 4.21. The Hall–Kier alpha value is -3.07. The van der Waals surface area contributed by atoms with Gasteiger partial charge in [-0.2, -0.15) is 5.26 Å². The molecule has 2 aromatic carbocycles. The molecule has 0 atom stereocenters. The number of anilines is 2. The van der Waals surface area contributed by atoms with Crippen LogP contribution in [0.5, 0.6) is 5.75 Å². The van der Waals surface area contributed by atoms with Gasteiger partial charge in [0.15, 0.2) is 6.61 Å². The number of nitrogens with two attached hydrogens (primary N) is 1. The number of hydrogen-bond acceptors (Lipinski definition) is 4. The summed E-state index contributed by atoms with van der Waals surface area (Å²) in [5, 5.41) is 11.3. The molecule has 106 valence electrons. The number of nitrogen functional groups attached to an aromatic ring is 1. The van der Waals surface area contributed by atoms with E-state index in [1.165, 1.54) is 24.3 Å². The van der Waals surface area contributed by atoms with E-state index in [2.05, 4.69) is 5.32 Å². The first-order valence-corrected chi connectivity index (χ1v) is 6.06. The van der Waals surface area contributed by atoms with E-state index in [-0.39, 0.29) is 12.3 Å². The van der Waals surface area contributed by atoms with Crippen molar-refractivity contribution in [3.8, 4) is 11.8 Å².